The van der Waals surface area contributed by atoms with Crippen LogP contribution in [0, 0.1) is 11.8 Å². The molecular weight excluding hydrogens is 458 g/mol. The molecule has 1 aliphatic rings. The topological polar surface area (TPSA) is 97.2 Å². The standard InChI is InChI=1S/C23H35N5O3S2/c1-6-28(7-2)33(30,31)19-12-9-11-18(14-19)22-25-26-23(27(22)5)32-15-21(29)24-20-13-8-10-16(3)17(20)4/h9,11-12,14,16-17,20H,6-8,10,13,15H2,1-5H3,(H,24,29)/t16-,17+,20+/m0/s1. The minimum Gasteiger partial charge on any atom is -0.352 e. The lowest BCUT2D eigenvalue weighted by atomic mass is 9.78. The molecule has 2 aromatic rings. The third kappa shape index (κ3) is 5.78. The van der Waals surface area contributed by atoms with Gasteiger partial charge in [0.25, 0.3) is 0 Å². The molecule has 1 N–H and O–H groups in total. The summed E-state index contributed by atoms with van der Waals surface area (Å²) in [5.74, 6) is 1.93. The van der Waals surface area contributed by atoms with Gasteiger partial charge in [-0.1, -0.05) is 64.4 Å². The predicted molar refractivity (Wildman–Crippen MR) is 131 cm³/mol. The lowest BCUT2D eigenvalue weighted by Gasteiger charge is -2.34. The highest BCUT2D eigenvalue weighted by molar-refractivity contribution is 7.99. The van der Waals surface area contributed by atoms with E-state index in [2.05, 4.69) is 29.4 Å². The number of amides is 1. The minimum atomic E-state index is -3.56. The number of benzene rings is 1. The molecule has 1 aromatic carbocycles. The van der Waals surface area contributed by atoms with Gasteiger partial charge in [0, 0.05) is 31.7 Å². The molecule has 0 aliphatic heterocycles. The Morgan fingerprint density at radius 2 is 1.94 bits per heavy atom. The van der Waals surface area contributed by atoms with Gasteiger partial charge in [0.1, 0.15) is 0 Å². The Labute approximate surface area is 201 Å². The second-order valence-corrected chi connectivity index (χ2v) is 11.6. The van der Waals surface area contributed by atoms with Gasteiger partial charge in [0.05, 0.1) is 10.6 Å². The number of thioether (sulfide) groups is 1. The number of rotatable bonds is 9. The fourth-order valence-electron chi connectivity index (χ4n) is 4.36. The lowest BCUT2D eigenvalue weighted by Crippen LogP contribution is -2.44. The number of nitrogens with one attached hydrogen (secondary N) is 1. The largest absolute Gasteiger partial charge is 0.352 e. The summed E-state index contributed by atoms with van der Waals surface area (Å²) in [6.45, 7) is 8.93. The quantitative estimate of drug-likeness (QED) is 0.537. The number of sulfonamides is 1. The lowest BCUT2D eigenvalue weighted by molar-refractivity contribution is -0.120. The maximum Gasteiger partial charge on any atom is 0.243 e. The summed E-state index contributed by atoms with van der Waals surface area (Å²) in [5.41, 5.74) is 0.666. The Morgan fingerprint density at radius 3 is 2.64 bits per heavy atom. The van der Waals surface area contributed by atoms with E-state index >= 15 is 0 Å². The van der Waals surface area contributed by atoms with E-state index in [4.69, 9.17) is 0 Å². The van der Waals surface area contributed by atoms with E-state index in [1.807, 2.05) is 27.0 Å². The van der Waals surface area contributed by atoms with E-state index in [1.54, 1.807) is 22.8 Å². The third-order valence-electron chi connectivity index (χ3n) is 6.66. The zero-order chi connectivity index (χ0) is 24.2. The van der Waals surface area contributed by atoms with Crippen LogP contribution in [0.1, 0.15) is 47.0 Å². The van der Waals surface area contributed by atoms with Gasteiger partial charge < -0.3 is 9.88 Å². The summed E-state index contributed by atoms with van der Waals surface area (Å²) in [6.07, 6.45) is 3.41. The first-order valence-corrected chi connectivity index (χ1v) is 14.0. The fourth-order valence-corrected chi connectivity index (χ4v) is 6.59. The predicted octanol–water partition coefficient (Wildman–Crippen LogP) is 3.55. The van der Waals surface area contributed by atoms with Crippen molar-refractivity contribution in [1.29, 1.82) is 0 Å². The summed E-state index contributed by atoms with van der Waals surface area (Å²) < 4.78 is 29.0. The number of nitrogens with zero attached hydrogens (tertiary/aromatic N) is 4. The maximum absolute atomic E-state index is 12.9. The maximum atomic E-state index is 12.9. The summed E-state index contributed by atoms with van der Waals surface area (Å²) in [6, 6.07) is 6.99. The Balaban J connectivity index is 1.69. The Morgan fingerprint density at radius 1 is 1.21 bits per heavy atom. The van der Waals surface area contributed by atoms with E-state index < -0.39 is 10.0 Å². The van der Waals surface area contributed by atoms with Gasteiger partial charge in [0.2, 0.25) is 15.9 Å². The molecule has 0 radical (unpaired) electrons. The van der Waals surface area contributed by atoms with Crippen LogP contribution in [0.4, 0.5) is 0 Å². The average molecular weight is 494 g/mol. The van der Waals surface area contributed by atoms with E-state index in [-0.39, 0.29) is 22.6 Å². The van der Waals surface area contributed by atoms with Crippen LogP contribution in [0.3, 0.4) is 0 Å². The van der Waals surface area contributed by atoms with Crippen LogP contribution in [-0.2, 0) is 21.9 Å². The first-order valence-electron chi connectivity index (χ1n) is 11.6. The minimum absolute atomic E-state index is 0.00260. The van der Waals surface area contributed by atoms with Crippen LogP contribution in [0.15, 0.2) is 34.3 Å². The van der Waals surface area contributed by atoms with Crippen molar-refractivity contribution >= 4 is 27.7 Å². The second kappa shape index (κ2) is 11.0. The molecule has 1 aromatic heterocycles. The number of hydrogen-bond donors (Lipinski definition) is 1. The zero-order valence-electron chi connectivity index (χ0n) is 20.1. The number of aromatic nitrogens is 3. The van der Waals surface area contributed by atoms with Gasteiger partial charge in [0.15, 0.2) is 11.0 Å². The molecule has 1 fully saturated rings. The summed E-state index contributed by atoms with van der Waals surface area (Å²) in [7, 11) is -1.74. The van der Waals surface area contributed by atoms with Crippen molar-refractivity contribution < 1.29 is 13.2 Å². The zero-order valence-corrected chi connectivity index (χ0v) is 21.7. The van der Waals surface area contributed by atoms with Gasteiger partial charge in [-0.2, -0.15) is 4.31 Å². The third-order valence-corrected chi connectivity index (χ3v) is 9.72. The number of carbonyl (C=O) groups excluding carboxylic acids is 1. The Bertz CT molecular complexity index is 1070. The molecule has 33 heavy (non-hydrogen) atoms. The molecular formula is C23H35N5O3S2. The fraction of sp³-hybridized carbons (Fsp3) is 0.609. The highest BCUT2D eigenvalue weighted by Crippen LogP contribution is 2.30. The van der Waals surface area contributed by atoms with Crippen molar-refractivity contribution in [3.05, 3.63) is 24.3 Å². The molecule has 1 saturated carbocycles. The molecule has 1 aliphatic carbocycles. The van der Waals surface area contributed by atoms with Crippen LogP contribution >= 0.6 is 11.8 Å². The molecule has 0 saturated heterocycles. The number of carbonyl (C=O) groups is 1. The van der Waals surface area contributed by atoms with Crippen molar-refractivity contribution in [2.45, 2.75) is 63.1 Å². The van der Waals surface area contributed by atoms with Gasteiger partial charge in [-0.3, -0.25) is 4.79 Å². The van der Waals surface area contributed by atoms with Gasteiger partial charge in [-0.25, -0.2) is 8.42 Å². The van der Waals surface area contributed by atoms with Crippen molar-refractivity contribution in [2.24, 2.45) is 18.9 Å². The SMILES string of the molecule is CCN(CC)S(=O)(=O)c1cccc(-c2nnc(SCC(=O)N[C@@H]3CCC[C@H](C)[C@H]3C)n2C)c1. The van der Waals surface area contributed by atoms with Crippen molar-refractivity contribution in [2.75, 3.05) is 18.8 Å². The molecule has 0 spiro atoms. The monoisotopic (exact) mass is 493 g/mol. The molecule has 8 nitrogen and oxygen atoms in total. The highest BCUT2D eigenvalue weighted by atomic mass is 32.2. The van der Waals surface area contributed by atoms with E-state index in [0.29, 0.717) is 41.5 Å². The van der Waals surface area contributed by atoms with Crippen LogP contribution in [0.2, 0.25) is 0 Å². The van der Waals surface area contributed by atoms with Crippen molar-refractivity contribution in [3.63, 3.8) is 0 Å². The molecule has 10 heteroatoms. The van der Waals surface area contributed by atoms with Gasteiger partial charge in [-0.05, 0) is 30.4 Å². The number of hydrogen-bond acceptors (Lipinski definition) is 6. The Hall–Kier alpha value is -1.91. The van der Waals surface area contributed by atoms with Crippen LogP contribution in [0.25, 0.3) is 11.4 Å². The molecule has 3 rings (SSSR count). The van der Waals surface area contributed by atoms with Crippen LogP contribution < -0.4 is 5.32 Å². The van der Waals surface area contributed by atoms with Gasteiger partial charge >= 0.3 is 0 Å². The van der Waals surface area contributed by atoms with E-state index in [9.17, 15) is 13.2 Å². The van der Waals surface area contributed by atoms with Crippen molar-refractivity contribution in [3.8, 4) is 11.4 Å². The van der Waals surface area contributed by atoms with E-state index in [0.717, 1.165) is 12.8 Å². The smallest absolute Gasteiger partial charge is 0.243 e. The first kappa shape index (κ1) is 25.7. The first-order chi connectivity index (χ1) is 15.7. The molecule has 0 bridgehead atoms. The van der Waals surface area contributed by atoms with Gasteiger partial charge in [-0.15, -0.1) is 10.2 Å². The van der Waals surface area contributed by atoms with E-state index in [1.165, 1.54) is 22.5 Å². The normalized spacial score (nSPS) is 21.3. The summed E-state index contributed by atoms with van der Waals surface area (Å²) in [4.78, 5) is 12.8. The molecule has 1 amide bonds. The molecule has 3 atom stereocenters. The second-order valence-electron chi connectivity index (χ2n) is 8.71. The summed E-state index contributed by atoms with van der Waals surface area (Å²) in [5, 5.41) is 12.3. The van der Waals surface area contributed by atoms with Crippen LogP contribution in [-0.4, -0.2) is 58.3 Å². The highest BCUT2D eigenvalue weighted by Gasteiger charge is 2.28. The molecule has 1 heterocycles. The van der Waals surface area contributed by atoms with Crippen molar-refractivity contribution in [1.82, 2.24) is 24.4 Å². The average Bonchev–Trinajstić information content (AvgIpc) is 3.16. The van der Waals surface area contributed by atoms with Crippen LogP contribution in [0.5, 0.6) is 0 Å². The summed E-state index contributed by atoms with van der Waals surface area (Å²) >= 11 is 1.33. The molecule has 0 unspecified atom stereocenters. The Kier molecular flexibility index (Phi) is 8.58. The molecule has 182 valence electrons.